The first-order chi connectivity index (χ1) is 9.54. The minimum atomic E-state index is 0.445. The highest BCUT2D eigenvalue weighted by Crippen LogP contribution is 2.37. The third kappa shape index (κ3) is 7.16. The molecule has 0 bridgehead atoms. The van der Waals surface area contributed by atoms with Crippen LogP contribution in [-0.2, 0) is 0 Å². The third-order valence-corrected chi connectivity index (χ3v) is 4.31. The minimum absolute atomic E-state index is 0.445. The van der Waals surface area contributed by atoms with Crippen molar-refractivity contribution in [2.75, 3.05) is 18.5 Å². The fourth-order valence-electron chi connectivity index (χ4n) is 1.33. The predicted octanol–water partition coefficient (Wildman–Crippen LogP) is 6.67. The van der Waals surface area contributed by atoms with Gasteiger partial charge in [-0.2, -0.15) is 0 Å². The van der Waals surface area contributed by atoms with Crippen molar-refractivity contribution in [3.05, 3.63) is 31.1 Å². The van der Waals surface area contributed by atoms with E-state index < -0.39 is 0 Å². The van der Waals surface area contributed by atoms with Gasteiger partial charge in [-0.3, -0.25) is 0 Å². The van der Waals surface area contributed by atoms with Gasteiger partial charge in [-0.1, -0.05) is 27.5 Å². The number of unbranched alkanes of at least 4 members (excludes halogenated alkanes) is 1. The lowest BCUT2D eigenvalue weighted by Gasteiger charge is -2.12. The molecule has 0 aliphatic rings. The quantitative estimate of drug-likeness (QED) is 0.263. The second kappa shape index (κ2) is 10.5. The predicted molar refractivity (Wildman–Crippen MR) is 99.1 cm³/mol. The molecule has 0 atom stereocenters. The van der Waals surface area contributed by atoms with Crippen molar-refractivity contribution >= 4 is 75.3 Å². The molecule has 0 radical (unpaired) electrons. The van der Waals surface area contributed by atoms with E-state index in [0.29, 0.717) is 29.7 Å². The summed E-state index contributed by atoms with van der Waals surface area (Å²) >= 11 is 19.6. The molecule has 1 aromatic rings. The largest absolute Gasteiger partial charge is 0.491 e. The number of hydrogen-bond donors (Lipinski definition) is 0. The zero-order valence-corrected chi connectivity index (χ0v) is 17.6. The Morgan fingerprint density at radius 1 is 1.20 bits per heavy atom. The molecule has 0 aromatic heterocycles. The van der Waals surface area contributed by atoms with Crippen LogP contribution in [0.1, 0.15) is 12.8 Å². The highest BCUT2D eigenvalue weighted by atomic mass is 79.9. The molecule has 112 valence electrons. The van der Waals surface area contributed by atoms with Crippen LogP contribution in [0.5, 0.6) is 11.5 Å². The summed E-state index contributed by atoms with van der Waals surface area (Å²) in [4.78, 5) is 0. The monoisotopic (exact) mass is 552 g/mol. The molecule has 0 spiro atoms. The van der Waals surface area contributed by atoms with Gasteiger partial charge in [0.25, 0.3) is 0 Å². The zero-order chi connectivity index (χ0) is 15.0. The molecule has 20 heavy (non-hydrogen) atoms. The van der Waals surface area contributed by atoms with E-state index in [0.717, 1.165) is 26.0 Å². The molecule has 1 rings (SSSR count). The maximum atomic E-state index is 6.21. The molecule has 0 fully saturated rings. The summed E-state index contributed by atoms with van der Waals surface area (Å²) in [5.74, 6) is 1.35. The van der Waals surface area contributed by atoms with Crippen molar-refractivity contribution in [3.8, 4) is 11.5 Å². The molecule has 1 aromatic carbocycles. The van der Waals surface area contributed by atoms with E-state index >= 15 is 0 Å². The summed E-state index contributed by atoms with van der Waals surface area (Å²) in [7, 11) is 0. The number of rotatable bonds is 8. The molecule has 0 N–H and O–H groups in total. The molecule has 0 aliphatic heterocycles. The Morgan fingerprint density at radius 3 is 2.55 bits per heavy atom. The zero-order valence-electron chi connectivity index (χ0n) is 10.5. The van der Waals surface area contributed by atoms with Crippen molar-refractivity contribution in [1.29, 1.82) is 0 Å². The molecule has 0 heterocycles. The molecule has 0 saturated heterocycles. The van der Waals surface area contributed by atoms with Crippen LogP contribution in [0.25, 0.3) is 0 Å². The molecule has 0 amide bonds. The third-order valence-electron chi connectivity index (χ3n) is 2.23. The number of halogens is 5. The van der Waals surface area contributed by atoms with E-state index in [-0.39, 0.29) is 0 Å². The van der Waals surface area contributed by atoms with E-state index in [4.69, 9.17) is 21.1 Å². The van der Waals surface area contributed by atoms with Gasteiger partial charge < -0.3 is 9.47 Å². The van der Waals surface area contributed by atoms with Gasteiger partial charge in [-0.15, -0.1) is 0 Å². The van der Waals surface area contributed by atoms with Crippen molar-refractivity contribution in [3.63, 3.8) is 0 Å². The van der Waals surface area contributed by atoms with Crippen LogP contribution in [0.3, 0.4) is 0 Å². The number of hydrogen-bond acceptors (Lipinski definition) is 2. The maximum absolute atomic E-state index is 6.21. The Balaban J connectivity index is 2.63. The number of benzene rings is 1. The average Bonchev–Trinajstić information content (AvgIpc) is 2.36. The molecule has 0 unspecified atom stereocenters. The van der Waals surface area contributed by atoms with Crippen LogP contribution in [0.2, 0.25) is 5.02 Å². The fraction of sp³-hybridized carbons (Fsp3) is 0.385. The molecular formula is C13H13Br4ClO2. The Bertz CT molecular complexity index is 439. The van der Waals surface area contributed by atoms with Gasteiger partial charge in [-0.25, -0.2) is 0 Å². The number of ether oxygens (including phenoxy) is 2. The Labute approximate surface area is 157 Å². The van der Waals surface area contributed by atoms with Gasteiger partial charge in [-0.05, 0) is 72.8 Å². The second-order valence-electron chi connectivity index (χ2n) is 3.77. The summed E-state index contributed by atoms with van der Waals surface area (Å²) in [6, 6.07) is 3.60. The summed E-state index contributed by atoms with van der Waals surface area (Å²) in [6.45, 7) is 1.09. The highest BCUT2D eigenvalue weighted by Gasteiger charge is 2.10. The van der Waals surface area contributed by atoms with Crippen molar-refractivity contribution in [2.24, 2.45) is 0 Å². The van der Waals surface area contributed by atoms with E-state index in [9.17, 15) is 0 Å². The SMILES string of the molecule is Clc1cc(OCC=C(Br)Br)cc(Br)c1OCCCCBr. The Kier molecular flexibility index (Phi) is 9.87. The first-order valence-corrected chi connectivity index (χ1v) is 9.74. The van der Waals surface area contributed by atoms with Gasteiger partial charge in [0, 0.05) is 11.4 Å². The van der Waals surface area contributed by atoms with Crippen LogP contribution in [-0.4, -0.2) is 18.5 Å². The summed E-state index contributed by atoms with van der Waals surface area (Å²) in [6.07, 6.45) is 3.91. The van der Waals surface area contributed by atoms with Gasteiger partial charge in [0.1, 0.15) is 12.4 Å². The van der Waals surface area contributed by atoms with Crippen LogP contribution < -0.4 is 9.47 Å². The Morgan fingerprint density at radius 2 is 1.95 bits per heavy atom. The maximum Gasteiger partial charge on any atom is 0.152 e. The summed E-state index contributed by atoms with van der Waals surface area (Å²) < 4.78 is 12.9. The molecule has 0 saturated carbocycles. The van der Waals surface area contributed by atoms with Crippen LogP contribution in [0.4, 0.5) is 0 Å². The first kappa shape index (κ1) is 18.8. The lowest BCUT2D eigenvalue weighted by Crippen LogP contribution is -2.00. The molecular weight excluding hydrogens is 543 g/mol. The van der Waals surface area contributed by atoms with E-state index in [2.05, 4.69) is 63.7 Å². The van der Waals surface area contributed by atoms with Crippen molar-refractivity contribution < 1.29 is 9.47 Å². The van der Waals surface area contributed by atoms with Gasteiger partial charge in [0.05, 0.1) is 19.5 Å². The van der Waals surface area contributed by atoms with Crippen LogP contribution >= 0.6 is 75.3 Å². The standard InChI is InChI=1S/C13H13Br4ClO2/c14-4-1-2-5-20-13-10(15)7-9(8-11(13)18)19-6-3-12(16)17/h3,7-8H,1-2,4-6H2. The van der Waals surface area contributed by atoms with Gasteiger partial charge >= 0.3 is 0 Å². The van der Waals surface area contributed by atoms with E-state index in [1.54, 1.807) is 6.07 Å². The lowest BCUT2D eigenvalue weighted by molar-refractivity contribution is 0.307. The summed E-state index contributed by atoms with van der Waals surface area (Å²) in [5, 5.41) is 1.52. The smallest absolute Gasteiger partial charge is 0.152 e. The van der Waals surface area contributed by atoms with Crippen LogP contribution in [0, 0.1) is 0 Å². The lowest BCUT2D eigenvalue weighted by atomic mass is 10.3. The van der Waals surface area contributed by atoms with Crippen molar-refractivity contribution in [2.45, 2.75) is 12.8 Å². The summed E-state index contributed by atoms with van der Waals surface area (Å²) in [5.41, 5.74) is 0. The molecule has 2 nitrogen and oxygen atoms in total. The van der Waals surface area contributed by atoms with Gasteiger partial charge in [0.15, 0.2) is 5.75 Å². The van der Waals surface area contributed by atoms with Crippen LogP contribution in [0.15, 0.2) is 26.1 Å². The molecule has 7 heteroatoms. The minimum Gasteiger partial charge on any atom is -0.491 e. The highest BCUT2D eigenvalue weighted by molar-refractivity contribution is 9.28. The average molecular weight is 556 g/mol. The first-order valence-electron chi connectivity index (χ1n) is 5.86. The number of alkyl halides is 1. The topological polar surface area (TPSA) is 18.5 Å². The van der Waals surface area contributed by atoms with E-state index in [1.165, 1.54) is 0 Å². The molecule has 0 aliphatic carbocycles. The van der Waals surface area contributed by atoms with Gasteiger partial charge in [0.2, 0.25) is 0 Å². The van der Waals surface area contributed by atoms with E-state index in [1.807, 2.05) is 12.1 Å². The van der Waals surface area contributed by atoms with Crippen molar-refractivity contribution in [1.82, 2.24) is 0 Å². The normalized spacial score (nSPS) is 10.2. The Hall–Kier alpha value is 0.770. The fourth-order valence-corrected chi connectivity index (χ4v) is 2.92. The second-order valence-corrected chi connectivity index (χ2v) is 8.59.